The molecule has 0 bridgehead atoms. The average Bonchev–Trinajstić information content (AvgIpc) is 2.27. The minimum Gasteiger partial charge on any atom is -0.482 e. The van der Waals surface area contributed by atoms with Crippen LogP contribution in [0.5, 0.6) is 5.75 Å². The van der Waals surface area contributed by atoms with Gasteiger partial charge in [0.2, 0.25) is 0 Å². The lowest BCUT2D eigenvalue weighted by Gasteiger charge is -2.23. The normalized spacial score (nSPS) is 11.2. The molecule has 0 spiro atoms. The number of hydrogen-bond acceptors (Lipinski definition) is 2. The molecule has 0 atom stereocenters. The van der Waals surface area contributed by atoms with Crippen LogP contribution >= 0.6 is 0 Å². The highest BCUT2D eigenvalue weighted by atomic mass is 16.5. The fraction of sp³-hybridized carbons (Fsp3) is 0.462. The SMILES string of the molecule is CCC(C)(C)c1ccc(OCC(=O)O)cc1. The molecule has 0 saturated carbocycles. The average molecular weight is 222 g/mol. The van der Waals surface area contributed by atoms with E-state index < -0.39 is 5.97 Å². The summed E-state index contributed by atoms with van der Waals surface area (Å²) < 4.78 is 5.07. The number of aliphatic carboxylic acids is 1. The second-order valence-corrected chi connectivity index (χ2v) is 4.44. The van der Waals surface area contributed by atoms with Crippen molar-refractivity contribution in [2.75, 3.05) is 6.61 Å². The molecule has 0 aromatic heterocycles. The molecule has 1 rings (SSSR count). The van der Waals surface area contributed by atoms with Gasteiger partial charge in [-0.3, -0.25) is 0 Å². The van der Waals surface area contributed by atoms with Crippen molar-refractivity contribution in [3.05, 3.63) is 29.8 Å². The number of benzene rings is 1. The van der Waals surface area contributed by atoms with Gasteiger partial charge < -0.3 is 9.84 Å². The standard InChI is InChI=1S/C13H18O3/c1-4-13(2,3)10-5-7-11(8-6-10)16-9-12(14)15/h5-8H,4,9H2,1-3H3,(H,14,15). The Bertz CT molecular complexity index is 352. The number of hydrogen-bond donors (Lipinski definition) is 1. The zero-order valence-corrected chi connectivity index (χ0v) is 9.99. The third-order valence-electron chi connectivity index (χ3n) is 2.88. The molecule has 0 aliphatic carbocycles. The van der Waals surface area contributed by atoms with Crippen LogP contribution in [0.3, 0.4) is 0 Å². The Morgan fingerprint density at radius 1 is 1.31 bits per heavy atom. The van der Waals surface area contributed by atoms with Crippen molar-refractivity contribution in [3.8, 4) is 5.75 Å². The van der Waals surface area contributed by atoms with E-state index in [0.29, 0.717) is 5.75 Å². The molecule has 3 nitrogen and oxygen atoms in total. The molecule has 16 heavy (non-hydrogen) atoms. The summed E-state index contributed by atoms with van der Waals surface area (Å²) in [4.78, 5) is 10.3. The van der Waals surface area contributed by atoms with E-state index in [-0.39, 0.29) is 12.0 Å². The van der Waals surface area contributed by atoms with Crippen LogP contribution in [0.15, 0.2) is 24.3 Å². The molecule has 0 heterocycles. The molecule has 0 unspecified atom stereocenters. The third-order valence-corrected chi connectivity index (χ3v) is 2.88. The quantitative estimate of drug-likeness (QED) is 0.833. The summed E-state index contributed by atoms with van der Waals surface area (Å²) >= 11 is 0. The Morgan fingerprint density at radius 2 is 1.88 bits per heavy atom. The van der Waals surface area contributed by atoms with E-state index >= 15 is 0 Å². The smallest absolute Gasteiger partial charge is 0.341 e. The van der Waals surface area contributed by atoms with Crippen molar-refractivity contribution in [1.29, 1.82) is 0 Å². The number of carboxylic acids is 1. The van der Waals surface area contributed by atoms with Gasteiger partial charge >= 0.3 is 5.97 Å². The molecule has 0 amide bonds. The summed E-state index contributed by atoms with van der Waals surface area (Å²) in [6.45, 7) is 6.21. The van der Waals surface area contributed by atoms with E-state index in [2.05, 4.69) is 20.8 Å². The lowest BCUT2D eigenvalue weighted by molar-refractivity contribution is -0.139. The van der Waals surface area contributed by atoms with Crippen LogP contribution < -0.4 is 4.74 Å². The highest BCUT2D eigenvalue weighted by Gasteiger charge is 2.17. The van der Waals surface area contributed by atoms with Crippen LogP contribution in [0, 0.1) is 0 Å². The van der Waals surface area contributed by atoms with Gasteiger partial charge in [-0.25, -0.2) is 4.79 Å². The number of carbonyl (C=O) groups is 1. The van der Waals surface area contributed by atoms with Gasteiger partial charge in [-0.2, -0.15) is 0 Å². The predicted octanol–water partition coefficient (Wildman–Crippen LogP) is 2.84. The molecular formula is C13H18O3. The Balaban J connectivity index is 2.71. The molecule has 3 heteroatoms. The maximum atomic E-state index is 10.3. The first-order valence-corrected chi connectivity index (χ1v) is 5.41. The van der Waals surface area contributed by atoms with Gasteiger partial charge in [0.15, 0.2) is 6.61 Å². The summed E-state index contributed by atoms with van der Waals surface area (Å²) in [5.41, 5.74) is 1.38. The molecule has 1 aromatic rings. The molecule has 0 aliphatic rings. The van der Waals surface area contributed by atoms with Crippen LogP contribution in [0.25, 0.3) is 0 Å². The van der Waals surface area contributed by atoms with Gasteiger partial charge in [0.05, 0.1) is 0 Å². The van der Waals surface area contributed by atoms with Crippen molar-refractivity contribution in [2.24, 2.45) is 0 Å². The van der Waals surface area contributed by atoms with E-state index in [4.69, 9.17) is 9.84 Å². The molecule has 1 aromatic carbocycles. The van der Waals surface area contributed by atoms with E-state index in [1.54, 1.807) is 0 Å². The zero-order chi connectivity index (χ0) is 12.2. The molecule has 88 valence electrons. The second kappa shape index (κ2) is 5.01. The molecule has 0 aliphatic heterocycles. The minimum atomic E-state index is -0.960. The predicted molar refractivity (Wildman–Crippen MR) is 62.9 cm³/mol. The summed E-state index contributed by atoms with van der Waals surface area (Å²) in [6.07, 6.45) is 1.06. The van der Waals surface area contributed by atoms with Crippen molar-refractivity contribution in [1.82, 2.24) is 0 Å². The van der Waals surface area contributed by atoms with Gasteiger partial charge in [0.25, 0.3) is 0 Å². The lowest BCUT2D eigenvalue weighted by atomic mass is 9.82. The van der Waals surface area contributed by atoms with Crippen LogP contribution in [-0.2, 0) is 10.2 Å². The van der Waals surface area contributed by atoms with E-state index in [0.717, 1.165) is 6.42 Å². The maximum Gasteiger partial charge on any atom is 0.341 e. The summed E-state index contributed by atoms with van der Waals surface area (Å²) in [6, 6.07) is 7.60. The first kappa shape index (κ1) is 12.6. The second-order valence-electron chi connectivity index (χ2n) is 4.44. The van der Waals surface area contributed by atoms with Gasteiger partial charge in [-0.15, -0.1) is 0 Å². The highest BCUT2D eigenvalue weighted by Crippen LogP contribution is 2.27. The van der Waals surface area contributed by atoms with Gasteiger partial charge in [0, 0.05) is 0 Å². The molecule has 1 N–H and O–H groups in total. The van der Waals surface area contributed by atoms with Crippen LogP contribution in [0.4, 0.5) is 0 Å². The molecule has 0 radical (unpaired) electrons. The van der Waals surface area contributed by atoms with Crippen molar-refractivity contribution >= 4 is 5.97 Å². The van der Waals surface area contributed by atoms with Gasteiger partial charge in [0.1, 0.15) is 5.75 Å². The Hall–Kier alpha value is -1.51. The fourth-order valence-corrected chi connectivity index (χ4v) is 1.35. The Morgan fingerprint density at radius 3 is 2.31 bits per heavy atom. The van der Waals surface area contributed by atoms with Crippen molar-refractivity contribution in [3.63, 3.8) is 0 Å². The van der Waals surface area contributed by atoms with E-state index in [1.165, 1.54) is 5.56 Å². The largest absolute Gasteiger partial charge is 0.482 e. The zero-order valence-electron chi connectivity index (χ0n) is 9.99. The van der Waals surface area contributed by atoms with E-state index in [1.807, 2.05) is 24.3 Å². The summed E-state index contributed by atoms with van der Waals surface area (Å²) in [5.74, 6) is -0.365. The molecule has 0 saturated heterocycles. The number of ether oxygens (including phenoxy) is 1. The highest BCUT2D eigenvalue weighted by molar-refractivity contribution is 5.68. The monoisotopic (exact) mass is 222 g/mol. The maximum absolute atomic E-state index is 10.3. The van der Waals surface area contributed by atoms with Gasteiger partial charge in [-0.05, 0) is 29.5 Å². The van der Waals surface area contributed by atoms with Crippen LogP contribution in [0.2, 0.25) is 0 Å². The number of rotatable bonds is 5. The topological polar surface area (TPSA) is 46.5 Å². The fourth-order valence-electron chi connectivity index (χ4n) is 1.35. The van der Waals surface area contributed by atoms with E-state index in [9.17, 15) is 4.79 Å². The molecular weight excluding hydrogens is 204 g/mol. The minimum absolute atomic E-state index is 0.144. The molecule has 0 fully saturated rings. The first-order valence-electron chi connectivity index (χ1n) is 5.41. The van der Waals surface area contributed by atoms with Crippen LogP contribution in [0.1, 0.15) is 32.8 Å². The number of carboxylic acid groups (broad SMARTS) is 1. The van der Waals surface area contributed by atoms with Gasteiger partial charge in [-0.1, -0.05) is 32.9 Å². The first-order chi connectivity index (χ1) is 7.45. The van der Waals surface area contributed by atoms with Crippen molar-refractivity contribution < 1.29 is 14.6 Å². The third kappa shape index (κ3) is 3.26. The van der Waals surface area contributed by atoms with Crippen molar-refractivity contribution in [2.45, 2.75) is 32.6 Å². The Kier molecular flexibility index (Phi) is 3.93. The lowest BCUT2D eigenvalue weighted by Crippen LogP contribution is -2.15. The Labute approximate surface area is 96.1 Å². The summed E-state index contributed by atoms with van der Waals surface area (Å²) in [7, 11) is 0. The van der Waals surface area contributed by atoms with Crippen LogP contribution in [-0.4, -0.2) is 17.7 Å². The summed E-state index contributed by atoms with van der Waals surface area (Å²) in [5, 5.41) is 8.47.